The van der Waals surface area contributed by atoms with Crippen LogP contribution in [0.5, 0.6) is 0 Å². The predicted molar refractivity (Wildman–Crippen MR) is 97.4 cm³/mol. The Hall–Kier alpha value is -1.84. The van der Waals surface area contributed by atoms with Crippen molar-refractivity contribution < 1.29 is 14.3 Å². The normalized spacial score (nSPS) is 37.4. The molecule has 4 aliphatic carbocycles. The molecule has 5 aliphatic rings. The number of carbonyl (C=O) groups excluding carboxylic acids is 2. The highest BCUT2D eigenvalue weighted by Crippen LogP contribution is 2.67. The van der Waals surface area contributed by atoms with Crippen LogP contribution in [-0.2, 0) is 16.0 Å². The van der Waals surface area contributed by atoms with Gasteiger partial charge >= 0.3 is 6.09 Å². The molecule has 5 fully saturated rings. The molecule has 4 saturated carbocycles. The highest BCUT2D eigenvalue weighted by atomic mass is 16.6. The van der Waals surface area contributed by atoms with Crippen molar-refractivity contribution in [2.45, 2.75) is 57.4 Å². The molecule has 2 amide bonds. The van der Waals surface area contributed by atoms with Crippen LogP contribution in [0.15, 0.2) is 30.3 Å². The van der Waals surface area contributed by atoms with Gasteiger partial charge in [-0.1, -0.05) is 30.3 Å². The predicted octanol–water partition coefficient (Wildman–Crippen LogP) is 4.18. The molecule has 2 unspecified atom stereocenters. The van der Waals surface area contributed by atoms with Crippen molar-refractivity contribution in [2.75, 3.05) is 6.61 Å². The Labute approximate surface area is 154 Å². The molecule has 0 spiro atoms. The first-order valence-corrected chi connectivity index (χ1v) is 10.2. The number of rotatable bonds is 5. The van der Waals surface area contributed by atoms with E-state index in [9.17, 15) is 9.59 Å². The Balaban J connectivity index is 1.25. The molecule has 4 nitrogen and oxygen atoms in total. The average molecular weight is 353 g/mol. The van der Waals surface area contributed by atoms with Crippen LogP contribution < -0.4 is 0 Å². The molecule has 0 N–H and O–H groups in total. The van der Waals surface area contributed by atoms with Gasteiger partial charge in [0.15, 0.2) is 0 Å². The smallest absolute Gasteiger partial charge is 0.416 e. The molecule has 26 heavy (non-hydrogen) atoms. The Morgan fingerprint density at radius 2 is 1.85 bits per heavy atom. The minimum Gasteiger partial charge on any atom is -0.447 e. The summed E-state index contributed by atoms with van der Waals surface area (Å²) < 4.78 is 5.22. The van der Waals surface area contributed by atoms with E-state index in [1.165, 1.54) is 37.0 Å². The second kappa shape index (κ2) is 6.11. The van der Waals surface area contributed by atoms with Crippen LogP contribution in [0, 0.1) is 23.2 Å². The van der Waals surface area contributed by atoms with Crippen molar-refractivity contribution in [3.05, 3.63) is 35.9 Å². The molecule has 0 radical (unpaired) electrons. The second-order valence-electron chi connectivity index (χ2n) is 9.09. The van der Waals surface area contributed by atoms with Gasteiger partial charge in [0.25, 0.3) is 0 Å². The lowest BCUT2D eigenvalue weighted by molar-refractivity contribution is -0.130. The topological polar surface area (TPSA) is 46.6 Å². The Morgan fingerprint density at radius 1 is 1.12 bits per heavy atom. The molecule has 6 rings (SSSR count). The Kier molecular flexibility index (Phi) is 3.84. The molecule has 4 bridgehead atoms. The SMILES string of the molecule is O=C(CCC12CC3CC(CC1C3)C2)N1C(=O)OC[C@@H]1Cc1ccccc1. The van der Waals surface area contributed by atoms with E-state index in [2.05, 4.69) is 0 Å². The van der Waals surface area contributed by atoms with Crippen molar-refractivity contribution >= 4 is 12.0 Å². The summed E-state index contributed by atoms with van der Waals surface area (Å²) in [5.74, 6) is 2.62. The zero-order valence-corrected chi connectivity index (χ0v) is 15.2. The maximum atomic E-state index is 12.9. The lowest BCUT2D eigenvalue weighted by Crippen LogP contribution is -2.40. The highest BCUT2D eigenvalue weighted by molar-refractivity contribution is 5.93. The van der Waals surface area contributed by atoms with E-state index < -0.39 is 6.09 Å². The fourth-order valence-electron chi connectivity index (χ4n) is 6.65. The van der Waals surface area contributed by atoms with Gasteiger partial charge in [0.2, 0.25) is 5.91 Å². The van der Waals surface area contributed by atoms with E-state index in [4.69, 9.17) is 4.74 Å². The minimum atomic E-state index is -0.453. The summed E-state index contributed by atoms with van der Waals surface area (Å²) in [7, 11) is 0. The van der Waals surface area contributed by atoms with Crippen molar-refractivity contribution in [1.29, 1.82) is 0 Å². The summed E-state index contributed by atoms with van der Waals surface area (Å²) in [6, 6.07) is 9.88. The first kappa shape index (κ1) is 16.3. The molecule has 1 aromatic carbocycles. The van der Waals surface area contributed by atoms with Crippen LogP contribution >= 0.6 is 0 Å². The van der Waals surface area contributed by atoms with Crippen LogP contribution in [-0.4, -0.2) is 29.5 Å². The Morgan fingerprint density at radius 3 is 2.58 bits per heavy atom. The number of nitrogens with zero attached hydrogens (tertiary/aromatic N) is 1. The molecule has 1 heterocycles. The molecule has 3 atom stereocenters. The van der Waals surface area contributed by atoms with Crippen LogP contribution in [0.4, 0.5) is 4.79 Å². The third-order valence-electron chi connectivity index (χ3n) is 7.54. The van der Waals surface area contributed by atoms with Crippen LogP contribution in [0.1, 0.15) is 50.5 Å². The lowest BCUT2D eigenvalue weighted by Gasteiger charge is -2.33. The maximum Gasteiger partial charge on any atom is 0.416 e. The zero-order valence-electron chi connectivity index (χ0n) is 15.2. The van der Waals surface area contributed by atoms with Gasteiger partial charge in [0, 0.05) is 6.42 Å². The molecule has 0 aromatic heterocycles. The first-order chi connectivity index (χ1) is 12.6. The van der Waals surface area contributed by atoms with Crippen molar-refractivity contribution in [2.24, 2.45) is 23.2 Å². The molecule has 1 aromatic rings. The van der Waals surface area contributed by atoms with Crippen LogP contribution in [0.3, 0.4) is 0 Å². The summed E-state index contributed by atoms with van der Waals surface area (Å²) >= 11 is 0. The van der Waals surface area contributed by atoms with Crippen molar-refractivity contribution in [1.82, 2.24) is 4.90 Å². The summed E-state index contributed by atoms with van der Waals surface area (Å²) in [5, 5.41) is 0. The summed E-state index contributed by atoms with van der Waals surface area (Å²) in [4.78, 5) is 26.5. The Bertz CT molecular complexity index is 701. The minimum absolute atomic E-state index is 0.0333. The lowest BCUT2D eigenvalue weighted by atomic mass is 9.73. The van der Waals surface area contributed by atoms with E-state index >= 15 is 0 Å². The quantitative estimate of drug-likeness (QED) is 0.798. The summed E-state index contributed by atoms with van der Waals surface area (Å²) in [6.45, 7) is 0.317. The van der Waals surface area contributed by atoms with Crippen LogP contribution in [0.25, 0.3) is 0 Å². The fraction of sp³-hybridized carbons (Fsp3) is 0.636. The number of carbonyl (C=O) groups is 2. The van der Waals surface area contributed by atoms with Gasteiger partial charge < -0.3 is 4.74 Å². The molecule has 138 valence electrons. The summed E-state index contributed by atoms with van der Waals surface area (Å²) in [6.07, 6.45) is 8.51. The monoisotopic (exact) mass is 353 g/mol. The number of benzene rings is 1. The molecule has 1 aliphatic heterocycles. The number of cyclic esters (lactones) is 1. The van der Waals surface area contributed by atoms with Gasteiger partial charge in [-0.2, -0.15) is 0 Å². The number of imide groups is 1. The fourth-order valence-corrected chi connectivity index (χ4v) is 6.65. The average Bonchev–Trinajstić information content (AvgIpc) is 3.20. The third kappa shape index (κ3) is 2.65. The molecule has 4 heteroatoms. The van der Waals surface area contributed by atoms with E-state index in [1.807, 2.05) is 30.3 Å². The first-order valence-electron chi connectivity index (χ1n) is 10.2. The number of hydrogen-bond acceptors (Lipinski definition) is 3. The standard InChI is InChI=1S/C22H27NO3/c24-20(6-7-22-12-16-8-17(13-22)10-18(22)9-16)23-19(14-26-21(23)25)11-15-4-2-1-3-5-15/h1-5,16-19H,6-14H2/t16?,17?,18?,19-,22?/m0/s1. The van der Waals surface area contributed by atoms with Crippen molar-refractivity contribution in [3.8, 4) is 0 Å². The van der Waals surface area contributed by atoms with Gasteiger partial charge in [0.1, 0.15) is 6.61 Å². The number of ether oxygens (including phenoxy) is 1. The van der Waals surface area contributed by atoms with Crippen LogP contribution in [0.2, 0.25) is 0 Å². The van der Waals surface area contributed by atoms with Gasteiger partial charge in [0.05, 0.1) is 6.04 Å². The van der Waals surface area contributed by atoms with E-state index in [0.717, 1.165) is 29.7 Å². The van der Waals surface area contributed by atoms with Gasteiger partial charge in [-0.25, -0.2) is 9.69 Å². The zero-order chi connectivity index (χ0) is 17.7. The van der Waals surface area contributed by atoms with E-state index in [1.54, 1.807) is 0 Å². The van der Waals surface area contributed by atoms with E-state index in [-0.39, 0.29) is 11.9 Å². The largest absolute Gasteiger partial charge is 0.447 e. The highest BCUT2D eigenvalue weighted by Gasteiger charge is 2.57. The summed E-state index contributed by atoms with van der Waals surface area (Å²) in [5.41, 5.74) is 1.54. The van der Waals surface area contributed by atoms with Crippen molar-refractivity contribution in [3.63, 3.8) is 0 Å². The second-order valence-corrected chi connectivity index (χ2v) is 9.09. The third-order valence-corrected chi connectivity index (χ3v) is 7.54. The van der Waals surface area contributed by atoms with E-state index in [0.29, 0.717) is 24.9 Å². The molecule has 1 saturated heterocycles. The maximum absolute atomic E-state index is 12.9. The van der Waals surface area contributed by atoms with Gasteiger partial charge in [-0.15, -0.1) is 0 Å². The number of hydrogen-bond donors (Lipinski definition) is 0. The number of amides is 2. The molecular weight excluding hydrogens is 326 g/mol. The van der Waals surface area contributed by atoms with Gasteiger partial charge in [-0.3, -0.25) is 4.79 Å². The van der Waals surface area contributed by atoms with Gasteiger partial charge in [-0.05, 0) is 73.7 Å². The molecular formula is C22H27NO3.